The zero-order valence-electron chi connectivity index (χ0n) is 11.9. The molecule has 2 atom stereocenters. The fourth-order valence-corrected chi connectivity index (χ4v) is 2.29. The summed E-state index contributed by atoms with van der Waals surface area (Å²) in [5.41, 5.74) is 0.859. The van der Waals surface area contributed by atoms with Crippen LogP contribution in [0.5, 0.6) is 0 Å². The fraction of sp³-hybridized carbons (Fsp3) is 0.600. The van der Waals surface area contributed by atoms with Crippen LogP contribution in [0.2, 0.25) is 5.02 Å². The second-order valence-corrected chi connectivity index (χ2v) is 5.17. The smallest absolute Gasteiger partial charge is 0.142 e. The molecule has 0 amide bonds. The molecule has 0 bridgehead atoms. The minimum Gasteiger partial charge on any atom is -0.382 e. The minimum atomic E-state index is -0.348. The Bertz CT molecular complexity index is 386. The van der Waals surface area contributed by atoms with Gasteiger partial charge >= 0.3 is 0 Å². The van der Waals surface area contributed by atoms with Gasteiger partial charge in [0.2, 0.25) is 0 Å². The molecular formula is C15H23ClFNO. The number of likely N-dealkylation sites (N-methyl/N-ethyl adjacent to an activating group) is 1. The maximum absolute atomic E-state index is 13.4. The fourth-order valence-electron chi connectivity index (χ4n) is 2.09. The van der Waals surface area contributed by atoms with E-state index >= 15 is 0 Å². The lowest BCUT2D eigenvalue weighted by Gasteiger charge is -2.20. The third-order valence-corrected chi connectivity index (χ3v) is 3.74. The van der Waals surface area contributed by atoms with Crippen molar-refractivity contribution in [3.05, 3.63) is 34.6 Å². The molecule has 0 aliphatic carbocycles. The Morgan fingerprint density at radius 1 is 1.37 bits per heavy atom. The maximum atomic E-state index is 13.4. The van der Waals surface area contributed by atoms with E-state index < -0.39 is 0 Å². The molecule has 0 heterocycles. The van der Waals surface area contributed by atoms with Gasteiger partial charge in [-0.3, -0.25) is 0 Å². The predicted octanol–water partition coefficient (Wildman–Crippen LogP) is 3.81. The molecule has 0 aromatic heterocycles. The Labute approximate surface area is 120 Å². The summed E-state index contributed by atoms with van der Waals surface area (Å²) in [6.45, 7) is 5.01. The largest absolute Gasteiger partial charge is 0.382 e. The minimum absolute atomic E-state index is 0.240. The van der Waals surface area contributed by atoms with Gasteiger partial charge in [-0.2, -0.15) is 0 Å². The van der Waals surface area contributed by atoms with Gasteiger partial charge in [0.25, 0.3) is 0 Å². The Morgan fingerprint density at radius 2 is 2.11 bits per heavy atom. The molecule has 0 saturated carbocycles. The highest BCUT2D eigenvalue weighted by atomic mass is 35.5. The summed E-state index contributed by atoms with van der Waals surface area (Å²) >= 11 is 6.00. The third kappa shape index (κ3) is 5.47. The molecule has 0 fully saturated rings. The summed E-state index contributed by atoms with van der Waals surface area (Å²) in [7, 11) is 1.72. The lowest BCUT2D eigenvalue weighted by molar-refractivity contribution is 0.106. The summed E-state index contributed by atoms with van der Waals surface area (Å²) in [6.07, 6.45) is 2.93. The second-order valence-electron chi connectivity index (χ2n) is 4.80. The van der Waals surface area contributed by atoms with Crippen LogP contribution < -0.4 is 5.32 Å². The van der Waals surface area contributed by atoms with Crippen molar-refractivity contribution in [2.24, 2.45) is 0 Å². The molecule has 0 radical (unpaired) electrons. The SMILES string of the molecule is CCNC(CCC(C)OC)Cc1cccc(F)c1Cl. The summed E-state index contributed by atoms with van der Waals surface area (Å²) < 4.78 is 18.7. The van der Waals surface area contributed by atoms with E-state index in [-0.39, 0.29) is 16.9 Å². The molecule has 19 heavy (non-hydrogen) atoms. The van der Waals surface area contributed by atoms with Crippen LogP contribution in [0.4, 0.5) is 4.39 Å². The Kier molecular flexibility index (Phi) is 7.36. The molecule has 4 heteroatoms. The normalized spacial score (nSPS) is 14.4. The molecule has 2 unspecified atom stereocenters. The Morgan fingerprint density at radius 3 is 2.74 bits per heavy atom. The average molecular weight is 288 g/mol. The van der Waals surface area contributed by atoms with E-state index in [2.05, 4.69) is 19.2 Å². The molecule has 1 rings (SSSR count). The van der Waals surface area contributed by atoms with Crippen molar-refractivity contribution in [3.63, 3.8) is 0 Å². The molecule has 108 valence electrons. The van der Waals surface area contributed by atoms with Gasteiger partial charge in [0.05, 0.1) is 11.1 Å². The number of methoxy groups -OCH3 is 1. The van der Waals surface area contributed by atoms with Crippen molar-refractivity contribution in [2.75, 3.05) is 13.7 Å². The van der Waals surface area contributed by atoms with Crippen LogP contribution in [0.1, 0.15) is 32.3 Å². The summed E-state index contributed by atoms with van der Waals surface area (Å²) in [6, 6.07) is 5.27. The Hall–Kier alpha value is -0.640. The van der Waals surface area contributed by atoms with Crippen molar-refractivity contribution in [1.82, 2.24) is 5.32 Å². The van der Waals surface area contributed by atoms with Gasteiger partial charge < -0.3 is 10.1 Å². The molecule has 0 saturated heterocycles. The van der Waals surface area contributed by atoms with Crippen LogP contribution in [-0.4, -0.2) is 25.8 Å². The van der Waals surface area contributed by atoms with E-state index in [0.29, 0.717) is 6.04 Å². The molecule has 0 spiro atoms. The number of hydrogen-bond acceptors (Lipinski definition) is 2. The molecule has 0 aliphatic rings. The first-order valence-electron chi connectivity index (χ1n) is 6.77. The van der Waals surface area contributed by atoms with Crippen molar-refractivity contribution >= 4 is 11.6 Å². The van der Waals surface area contributed by atoms with Gasteiger partial charge in [0, 0.05) is 13.2 Å². The van der Waals surface area contributed by atoms with Gasteiger partial charge in [0.1, 0.15) is 5.82 Å². The standard InChI is InChI=1S/C15H23ClFNO/c1-4-18-13(9-8-11(2)19-3)10-12-6-5-7-14(17)15(12)16/h5-7,11,13,18H,4,8-10H2,1-3H3. The monoisotopic (exact) mass is 287 g/mol. The molecule has 1 aromatic carbocycles. The van der Waals surface area contributed by atoms with Gasteiger partial charge in [0.15, 0.2) is 0 Å². The summed E-state index contributed by atoms with van der Waals surface area (Å²) in [5, 5.41) is 3.66. The van der Waals surface area contributed by atoms with Crippen LogP contribution in [0, 0.1) is 5.82 Å². The van der Waals surface area contributed by atoms with Crippen LogP contribution >= 0.6 is 11.6 Å². The van der Waals surface area contributed by atoms with Crippen molar-refractivity contribution in [2.45, 2.75) is 45.3 Å². The third-order valence-electron chi connectivity index (χ3n) is 3.31. The van der Waals surface area contributed by atoms with Crippen LogP contribution in [0.3, 0.4) is 0 Å². The van der Waals surface area contributed by atoms with Gasteiger partial charge in [-0.15, -0.1) is 0 Å². The highest BCUT2D eigenvalue weighted by Gasteiger charge is 2.14. The number of halogens is 2. The summed E-state index contributed by atoms with van der Waals surface area (Å²) in [4.78, 5) is 0. The van der Waals surface area contributed by atoms with Gasteiger partial charge in [-0.25, -0.2) is 4.39 Å². The molecule has 1 N–H and O–H groups in total. The maximum Gasteiger partial charge on any atom is 0.142 e. The lowest BCUT2D eigenvalue weighted by atomic mass is 10.00. The second kappa shape index (κ2) is 8.51. The number of ether oxygens (including phenoxy) is 1. The van der Waals surface area contributed by atoms with Crippen LogP contribution in [-0.2, 0) is 11.2 Å². The van der Waals surface area contributed by atoms with E-state index in [0.717, 1.165) is 31.4 Å². The van der Waals surface area contributed by atoms with Crippen molar-refractivity contribution in [1.29, 1.82) is 0 Å². The summed E-state index contributed by atoms with van der Waals surface area (Å²) in [5.74, 6) is -0.348. The molecule has 0 aliphatic heterocycles. The molecule has 2 nitrogen and oxygen atoms in total. The van der Waals surface area contributed by atoms with Gasteiger partial charge in [-0.05, 0) is 44.4 Å². The topological polar surface area (TPSA) is 21.3 Å². The van der Waals surface area contributed by atoms with Crippen molar-refractivity contribution in [3.8, 4) is 0 Å². The lowest BCUT2D eigenvalue weighted by Crippen LogP contribution is -2.32. The first-order chi connectivity index (χ1) is 9.08. The highest BCUT2D eigenvalue weighted by Crippen LogP contribution is 2.22. The Balaban J connectivity index is 2.64. The number of nitrogens with one attached hydrogen (secondary N) is 1. The van der Waals surface area contributed by atoms with E-state index in [9.17, 15) is 4.39 Å². The van der Waals surface area contributed by atoms with Crippen LogP contribution in [0.15, 0.2) is 18.2 Å². The average Bonchev–Trinajstić information content (AvgIpc) is 2.41. The molecule has 1 aromatic rings. The van der Waals surface area contributed by atoms with Gasteiger partial charge in [-0.1, -0.05) is 30.7 Å². The first-order valence-corrected chi connectivity index (χ1v) is 7.15. The molecular weight excluding hydrogens is 265 g/mol. The number of benzene rings is 1. The first kappa shape index (κ1) is 16.4. The zero-order valence-corrected chi connectivity index (χ0v) is 12.6. The highest BCUT2D eigenvalue weighted by molar-refractivity contribution is 6.31. The number of rotatable bonds is 8. The quantitative estimate of drug-likeness (QED) is 0.785. The van der Waals surface area contributed by atoms with Crippen LogP contribution in [0.25, 0.3) is 0 Å². The van der Waals surface area contributed by atoms with E-state index in [1.54, 1.807) is 13.2 Å². The predicted molar refractivity (Wildman–Crippen MR) is 78.3 cm³/mol. The van der Waals surface area contributed by atoms with E-state index in [4.69, 9.17) is 16.3 Å². The van der Waals surface area contributed by atoms with E-state index in [1.165, 1.54) is 6.07 Å². The number of hydrogen-bond donors (Lipinski definition) is 1. The van der Waals surface area contributed by atoms with Crippen molar-refractivity contribution < 1.29 is 9.13 Å². The zero-order chi connectivity index (χ0) is 14.3. The van der Waals surface area contributed by atoms with E-state index in [1.807, 2.05) is 6.07 Å².